The molecule has 3 aromatic rings. The van der Waals surface area contributed by atoms with Crippen molar-refractivity contribution >= 4 is 5.91 Å². The lowest BCUT2D eigenvalue weighted by Gasteiger charge is -2.11. The van der Waals surface area contributed by atoms with Gasteiger partial charge in [-0.2, -0.15) is 10.2 Å². The Bertz CT molecular complexity index is 882. The van der Waals surface area contributed by atoms with Crippen LogP contribution >= 0.6 is 0 Å². The van der Waals surface area contributed by atoms with Crippen LogP contribution < -0.4 is 5.32 Å². The lowest BCUT2D eigenvalue weighted by molar-refractivity contribution is 0.0954. The average Bonchev–Trinajstić information content (AvgIpc) is 3.32. The number of nitrogens with zero attached hydrogens (tertiary/aromatic N) is 3. The molecular formula is C20H23N5O. The largest absolute Gasteiger partial charge is 0.352 e. The Morgan fingerprint density at radius 2 is 2.15 bits per heavy atom. The van der Waals surface area contributed by atoms with Crippen molar-refractivity contribution in [3.05, 3.63) is 70.8 Å². The minimum atomic E-state index is -0.0447. The molecule has 0 fully saturated rings. The molecule has 2 aromatic heterocycles. The molecule has 0 saturated heterocycles. The second-order valence-electron chi connectivity index (χ2n) is 6.74. The van der Waals surface area contributed by atoms with Gasteiger partial charge in [-0.1, -0.05) is 12.1 Å². The third-order valence-electron chi connectivity index (χ3n) is 4.88. The fourth-order valence-electron chi connectivity index (χ4n) is 3.54. The summed E-state index contributed by atoms with van der Waals surface area (Å²) < 4.78 is 1.84. The average molecular weight is 349 g/mol. The lowest BCUT2D eigenvalue weighted by Crippen LogP contribution is -2.26. The highest BCUT2D eigenvalue weighted by Gasteiger charge is 2.16. The van der Waals surface area contributed by atoms with E-state index in [9.17, 15) is 4.79 Å². The van der Waals surface area contributed by atoms with Crippen LogP contribution in [0.3, 0.4) is 0 Å². The summed E-state index contributed by atoms with van der Waals surface area (Å²) in [5.41, 5.74) is 5.49. The topological polar surface area (TPSA) is 75.6 Å². The number of aryl methyl sites for hydroxylation is 1. The lowest BCUT2D eigenvalue weighted by atomic mass is 9.95. The zero-order valence-corrected chi connectivity index (χ0v) is 14.7. The molecule has 1 aliphatic rings. The number of aromatic amines is 1. The van der Waals surface area contributed by atoms with Gasteiger partial charge in [-0.25, -0.2) is 0 Å². The smallest absolute Gasteiger partial charge is 0.251 e. The third kappa shape index (κ3) is 3.69. The highest BCUT2D eigenvalue weighted by Crippen LogP contribution is 2.22. The molecule has 0 spiro atoms. The Kier molecular flexibility index (Phi) is 4.82. The number of aromatic nitrogens is 4. The highest BCUT2D eigenvalue weighted by atomic mass is 16.1. The summed E-state index contributed by atoms with van der Waals surface area (Å²) in [5.74, 6) is -0.0447. The van der Waals surface area contributed by atoms with Crippen molar-refractivity contribution in [2.75, 3.05) is 6.54 Å². The van der Waals surface area contributed by atoms with Gasteiger partial charge in [-0.05, 0) is 55.0 Å². The van der Waals surface area contributed by atoms with Crippen LogP contribution in [0.2, 0.25) is 0 Å². The van der Waals surface area contributed by atoms with Crippen molar-refractivity contribution in [1.82, 2.24) is 25.3 Å². The SMILES string of the molecule is O=C(NCCc1n[nH]c2c1CCCC2)c1cccc(Cn2cccn2)c1. The van der Waals surface area contributed by atoms with Crippen molar-refractivity contribution < 1.29 is 4.79 Å². The van der Waals surface area contributed by atoms with Crippen LogP contribution in [0.1, 0.15) is 45.7 Å². The molecule has 0 bridgehead atoms. The monoisotopic (exact) mass is 349 g/mol. The molecule has 6 heteroatoms. The highest BCUT2D eigenvalue weighted by molar-refractivity contribution is 5.94. The number of carbonyl (C=O) groups is 1. The molecule has 1 amide bonds. The fraction of sp³-hybridized carbons (Fsp3) is 0.350. The van der Waals surface area contributed by atoms with Gasteiger partial charge in [-0.3, -0.25) is 14.6 Å². The first kappa shape index (κ1) is 16.6. The van der Waals surface area contributed by atoms with Crippen LogP contribution in [0.15, 0.2) is 42.7 Å². The van der Waals surface area contributed by atoms with E-state index in [1.165, 1.54) is 24.1 Å². The molecule has 1 aromatic carbocycles. The quantitative estimate of drug-likeness (QED) is 0.718. The first-order valence-corrected chi connectivity index (χ1v) is 9.19. The van der Waals surface area contributed by atoms with Gasteiger partial charge in [0.25, 0.3) is 5.91 Å². The van der Waals surface area contributed by atoms with E-state index in [1.54, 1.807) is 6.20 Å². The fourth-order valence-corrected chi connectivity index (χ4v) is 3.54. The van der Waals surface area contributed by atoms with Crippen LogP contribution in [-0.4, -0.2) is 32.4 Å². The minimum Gasteiger partial charge on any atom is -0.352 e. The van der Waals surface area contributed by atoms with Gasteiger partial charge in [0.05, 0.1) is 12.2 Å². The van der Waals surface area contributed by atoms with Crippen molar-refractivity contribution in [2.24, 2.45) is 0 Å². The zero-order valence-electron chi connectivity index (χ0n) is 14.7. The first-order valence-electron chi connectivity index (χ1n) is 9.19. The molecule has 4 rings (SSSR count). The molecule has 1 aliphatic carbocycles. The van der Waals surface area contributed by atoms with Gasteiger partial charge < -0.3 is 5.32 Å². The Hall–Kier alpha value is -2.89. The second kappa shape index (κ2) is 7.56. The summed E-state index contributed by atoms with van der Waals surface area (Å²) >= 11 is 0. The zero-order chi connectivity index (χ0) is 17.8. The van der Waals surface area contributed by atoms with E-state index >= 15 is 0 Å². The summed E-state index contributed by atoms with van der Waals surface area (Å²) in [4.78, 5) is 12.5. The Morgan fingerprint density at radius 3 is 3.04 bits per heavy atom. The predicted molar refractivity (Wildman–Crippen MR) is 99.0 cm³/mol. The second-order valence-corrected chi connectivity index (χ2v) is 6.74. The number of benzene rings is 1. The standard InChI is InChI=1S/C20H23N5O/c26-20(16-6-3-5-15(13-16)14-25-12-4-10-22-25)21-11-9-19-17-7-1-2-8-18(17)23-24-19/h3-6,10,12-13H,1-2,7-9,11,14H2,(H,21,26)(H,23,24). The van der Waals surface area contributed by atoms with Crippen LogP contribution in [-0.2, 0) is 25.8 Å². The van der Waals surface area contributed by atoms with Crippen molar-refractivity contribution in [3.8, 4) is 0 Å². The summed E-state index contributed by atoms with van der Waals surface area (Å²) in [6.45, 7) is 1.26. The van der Waals surface area contributed by atoms with E-state index in [0.29, 0.717) is 18.7 Å². The van der Waals surface area contributed by atoms with Crippen LogP contribution in [0, 0.1) is 0 Å². The maximum Gasteiger partial charge on any atom is 0.251 e. The van der Waals surface area contributed by atoms with Crippen LogP contribution in [0.4, 0.5) is 0 Å². The van der Waals surface area contributed by atoms with E-state index in [1.807, 2.05) is 41.2 Å². The van der Waals surface area contributed by atoms with Gasteiger partial charge in [0.15, 0.2) is 0 Å². The number of H-pyrrole nitrogens is 1. The molecule has 26 heavy (non-hydrogen) atoms. The molecule has 2 heterocycles. The minimum absolute atomic E-state index is 0.0447. The first-order chi connectivity index (χ1) is 12.8. The molecule has 134 valence electrons. The Labute approximate surface area is 152 Å². The number of rotatable bonds is 6. The van der Waals surface area contributed by atoms with E-state index in [0.717, 1.165) is 30.5 Å². The summed E-state index contributed by atoms with van der Waals surface area (Å²) in [6, 6.07) is 9.59. The maximum absolute atomic E-state index is 12.5. The summed E-state index contributed by atoms with van der Waals surface area (Å²) in [6.07, 6.45) is 9.10. The van der Waals surface area contributed by atoms with Crippen LogP contribution in [0.5, 0.6) is 0 Å². The molecule has 0 radical (unpaired) electrons. The van der Waals surface area contributed by atoms with Gasteiger partial charge in [0.2, 0.25) is 0 Å². The number of hydrogen-bond acceptors (Lipinski definition) is 3. The van der Waals surface area contributed by atoms with Crippen molar-refractivity contribution in [2.45, 2.75) is 38.6 Å². The number of hydrogen-bond donors (Lipinski definition) is 2. The Morgan fingerprint density at radius 1 is 1.23 bits per heavy atom. The van der Waals surface area contributed by atoms with Gasteiger partial charge in [0, 0.05) is 36.6 Å². The van der Waals surface area contributed by atoms with Crippen LogP contribution in [0.25, 0.3) is 0 Å². The predicted octanol–water partition coefficient (Wildman–Crippen LogP) is 2.51. The van der Waals surface area contributed by atoms with E-state index in [4.69, 9.17) is 0 Å². The number of carbonyl (C=O) groups excluding carboxylic acids is 1. The van der Waals surface area contributed by atoms with Gasteiger partial charge >= 0.3 is 0 Å². The molecule has 0 atom stereocenters. The Balaban J connectivity index is 1.34. The van der Waals surface area contributed by atoms with Crippen molar-refractivity contribution in [3.63, 3.8) is 0 Å². The van der Waals surface area contributed by atoms with Crippen molar-refractivity contribution in [1.29, 1.82) is 0 Å². The molecule has 0 unspecified atom stereocenters. The third-order valence-corrected chi connectivity index (χ3v) is 4.88. The number of nitrogens with one attached hydrogen (secondary N) is 2. The van der Waals surface area contributed by atoms with E-state index in [2.05, 4.69) is 20.6 Å². The van der Waals surface area contributed by atoms with Gasteiger partial charge in [0.1, 0.15) is 0 Å². The summed E-state index contributed by atoms with van der Waals surface area (Å²) in [5, 5.41) is 14.8. The number of amides is 1. The maximum atomic E-state index is 12.5. The number of fused-ring (bicyclic) bond motifs is 1. The summed E-state index contributed by atoms with van der Waals surface area (Å²) in [7, 11) is 0. The molecule has 2 N–H and O–H groups in total. The molecule has 0 aliphatic heterocycles. The van der Waals surface area contributed by atoms with E-state index in [-0.39, 0.29) is 5.91 Å². The molecule has 6 nitrogen and oxygen atoms in total. The van der Waals surface area contributed by atoms with Gasteiger partial charge in [-0.15, -0.1) is 0 Å². The molecular weight excluding hydrogens is 326 g/mol. The normalized spacial score (nSPS) is 13.4. The molecule has 0 saturated carbocycles. The van der Waals surface area contributed by atoms with E-state index < -0.39 is 0 Å².